The number of halogens is 4. The smallest absolute Gasteiger partial charge is 0.322 e. The highest BCUT2D eigenvalue weighted by Crippen LogP contribution is 2.30. The molecule has 0 atom stereocenters. The van der Waals surface area contributed by atoms with E-state index in [4.69, 9.17) is 11.6 Å². The minimum atomic E-state index is -4.44. The standard InChI is InChI=1S/C14H9ClF3NO/c15-11-6-4-9(5-7-11)13(20)19-12-3-1-2-10(8-12)14(16,17)18/h1-8H,(H,19,20). The fourth-order valence-electron chi connectivity index (χ4n) is 1.58. The molecule has 20 heavy (non-hydrogen) atoms. The van der Waals surface area contributed by atoms with E-state index in [0.29, 0.717) is 10.6 Å². The summed E-state index contributed by atoms with van der Waals surface area (Å²) in [5.41, 5.74) is -0.419. The predicted octanol–water partition coefficient (Wildman–Crippen LogP) is 4.61. The van der Waals surface area contributed by atoms with Crippen LogP contribution in [0.2, 0.25) is 5.02 Å². The van der Waals surface area contributed by atoms with Crippen LogP contribution in [0, 0.1) is 0 Å². The van der Waals surface area contributed by atoms with Crippen molar-refractivity contribution in [1.82, 2.24) is 0 Å². The monoisotopic (exact) mass is 299 g/mol. The van der Waals surface area contributed by atoms with Crippen LogP contribution in [0.1, 0.15) is 15.9 Å². The second-order valence-corrected chi connectivity index (χ2v) is 4.48. The molecule has 1 N–H and O–H groups in total. The van der Waals surface area contributed by atoms with Gasteiger partial charge < -0.3 is 5.32 Å². The summed E-state index contributed by atoms with van der Waals surface area (Å²) in [7, 11) is 0. The van der Waals surface area contributed by atoms with Crippen LogP contribution in [0.4, 0.5) is 18.9 Å². The Morgan fingerprint density at radius 2 is 1.70 bits per heavy atom. The molecule has 0 fully saturated rings. The third-order valence-corrected chi connectivity index (χ3v) is 2.81. The molecule has 0 saturated carbocycles. The van der Waals surface area contributed by atoms with E-state index in [1.165, 1.54) is 36.4 Å². The third-order valence-electron chi connectivity index (χ3n) is 2.55. The molecule has 6 heteroatoms. The first-order valence-electron chi connectivity index (χ1n) is 5.60. The number of amides is 1. The van der Waals surface area contributed by atoms with Crippen LogP contribution < -0.4 is 5.32 Å². The van der Waals surface area contributed by atoms with Gasteiger partial charge in [-0.1, -0.05) is 17.7 Å². The fraction of sp³-hybridized carbons (Fsp3) is 0.0714. The van der Waals surface area contributed by atoms with Crippen molar-refractivity contribution in [2.75, 3.05) is 5.32 Å². The predicted molar refractivity (Wildman–Crippen MR) is 70.8 cm³/mol. The fourth-order valence-corrected chi connectivity index (χ4v) is 1.70. The zero-order valence-corrected chi connectivity index (χ0v) is 10.8. The maximum Gasteiger partial charge on any atom is 0.416 e. The molecular formula is C14H9ClF3NO. The molecule has 0 aliphatic heterocycles. The number of nitrogens with one attached hydrogen (secondary N) is 1. The van der Waals surface area contributed by atoms with E-state index in [1.807, 2.05) is 0 Å². The van der Waals surface area contributed by atoms with Crippen LogP contribution in [0.15, 0.2) is 48.5 Å². The van der Waals surface area contributed by atoms with Crippen molar-refractivity contribution in [3.8, 4) is 0 Å². The number of carbonyl (C=O) groups excluding carboxylic acids is 1. The Morgan fingerprint density at radius 1 is 1.05 bits per heavy atom. The molecule has 2 nitrogen and oxygen atoms in total. The largest absolute Gasteiger partial charge is 0.416 e. The molecule has 0 aromatic heterocycles. The van der Waals surface area contributed by atoms with Crippen molar-refractivity contribution in [1.29, 1.82) is 0 Å². The highest BCUT2D eigenvalue weighted by molar-refractivity contribution is 6.30. The molecule has 0 heterocycles. The second-order valence-electron chi connectivity index (χ2n) is 4.04. The van der Waals surface area contributed by atoms with Crippen LogP contribution >= 0.6 is 11.6 Å². The lowest BCUT2D eigenvalue weighted by Crippen LogP contribution is -2.13. The highest BCUT2D eigenvalue weighted by atomic mass is 35.5. The molecule has 0 bridgehead atoms. The van der Waals surface area contributed by atoms with Crippen LogP contribution in [0.25, 0.3) is 0 Å². The van der Waals surface area contributed by atoms with E-state index in [2.05, 4.69) is 5.32 Å². The molecule has 0 saturated heterocycles. The maximum atomic E-state index is 12.5. The number of anilines is 1. The van der Waals surface area contributed by atoms with Crippen molar-refractivity contribution in [3.05, 3.63) is 64.7 Å². The third kappa shape index (κ3) is 3.51. The Labute approximate surface area is 118 Å². The summed E-state index contributed by atoms with van der Waals surface area (Å²) in [5, 5.41) is 2.88. The Morgan fingerprint density at radius 3 is 2.30 bits per heavy atom. The Kier molecular flexibility index (Phi) is 3.99. The van der Waals surface area contributed by atoms with Gasteiger partial charge in [-0.3, -0.25) is 4.79 Å². The summed E-state index contributed by atoms with van der Waals surface area (Å²) in [6, 6.07) is 10.5. The summed E-state index contributed by atoms with van der Waals surface area (Å²) in [6.07, 6.45) is -4.44. The van der Waals surface area contributed by atoms with Gasteiger partial charge in [-0.25, -0.2) is 0 Å². The van der Waals surface area contributed by atoms with Crippen LogP contribution in [-0.4, -0.2) is 5.91 Å². The van der Waals surface area contributed by atoms with E-state index in [0.717, 1.165) is 12.1 Å². The van der Waals surface area contributed by atoms with Crippen LogP contribution in [0.3, 0.4) is 0 Å². The highest BCUT2D eigenvalue weighted by Gasteiger charge is 2.30. The molecule has 104 valence electrons. The maximum absolute atomic E-state index is 12.5. The van der Waals surface area contributed by atoms with Gasteiger partial charge in [0.2, 0.25) is 0 Å². The van der Waals surface area contributed by atoms with E-state index in [9.17, 15) is 18.0 Å². The van der Waals surface area contributed by atoms with Crippen molar-refractivity contribution in [3.63, 3.8) is 0 Å². The lowest BCUT2D eigenvalue weighted by Gasteiger charge is -2.10. The Hall–Kier alpha value is -2.01. The number of alkyl halides is 3. The van der Waals surface area contributed by atoms with Crippen molar-refractivity contribution in [2.24, 2.45) is 0 Å². The quantitative estimate of drug-likeness (QED) is 0.862. The van der Waals surface area contributed by atoms with Crippen LogP contribution in [0.5, 0.6) is 0 Å². The summed E-state index contributed by atoms with van der Waals surface area (Å²) >= 11 is 5.69. The topological polar surface area (TPSA) is 29.1 Å². The minimum Gasteiger partial charge on any atom is -0.322 e. The van der Waals surface area contributed by atoms with Gasteiger partial charge in [-0.15, -0.1) is 0 Å². The van der Waals surface area contributed by atoms with Crippen molar-refractivity contribution >= 4 is 23.2 Å². The van der Waals surface area contributed by atoms with E-state index in [-0.39, 0.29) is 5.69 Å². The van der Waals surface area contributed by atoms with Gasteiger partial charge in [0.25, 0.3) is 5.91 Å². The van der Waals surface area contributed by atoms with Gasteiger partial charge >= 0.3 is 6.18 Å². The molecule has 2 rings (SSSR count). The molecule has 0 unspecified atom stereocenters. The first-order valence-corrected chi connectivity index (χ1v) is 5.98. The average molecular weight is 300 g/mol. The molecule has 0 aliphatic rings. The second kappa shape index (κ2) is 5.54. The average Bonchev–Trinajstić information content (AvgIpc) is 2.38. The number of rotatable bonds is 2. The number of carbonyl (C=O) groups is 1. The molecule has 2 aromatic carbocycles. The summed E-state index contributed by atoms with van der Waals surface area (Å²) < 4.78 is 37.6. The number of benzene rings is 2. The molecule has 2 aromatic rings. The Balaban J connectivity index is 2.18. The summed E-state index contributed by atoms with van der Waals surface area (Å²) in [6.45, 7) is 0. The van der Waals surface area contributed by atoms with Gasteiger partial charge in [-0.2, -0.15) is 13.2 Å². The van der Waals surface area contributed by atoms with Gasteiger partial charge in [0.1, 0.15) is 0 Å². The van der Waals surface area contributed by atoms with E-state index >= 15 is 0 Å². The van der Waals surface area contributed by atoms with Crippen molar-refractivity contribution < 1.29 is 18.0 Å². The molecule has 0 radical (unpaired) electrons. The summed E-state index contributed by atoms with van der Waals surface area (Å²) in [5.74, 6) is -0.499. The van der Waals surface area contributed by atoms with E-state index in [1.54, 1.807) is 0 Å². The SMILES string of the molecule is O=C(Nc1cccc(C(F)(F)F)c1)c1ccc(Cl)cc1. The zero-order chi connectivity index (χ0) is 14.8. The molecule has 0 spiro atoms. The van der Waals surface area contributed by atoms with Gasteiger partial charge in [-0.05, 0) is 42.5 Å². The zero-order valence-electron chi connectivity index (χ0n) is 10.0. The number of hydrogen-bond donors (Lipinski definition) is 1. The van der Waals surface area contributed by atoms with Gasteiger partial charge in [0.05, 0.1) is 5.56 Å². The first-order chi connectivity index (χ1) is 9.36. The molecule has 1 amide bonds. The van der Waals surface area contributed by atoms with E-state index < -0.39 is 17.6 Å². The van der Waals surface area contributed by atoms with Gasteiger partial charge in [0, 0.05) is 16.3 Å². The normalized spacial score (nSPS) is 11.2. The molecule has 0 aliphatic carbocycles. The number of hydrogen-bond acceptors (Lipinski definition) is 1. The van der Waals surface area contributed by atoms with Crippen LogP contribution in [-0.2, 0) is 6.18 Å². The minimum absolute atomic E-state index is 0.0831. The summed E-state index contributed by atoms with van der Waals surface area (Å²) in [4.78, 5) is 11.9. The lowest BCUT2D eigenvalue weighted by molar-refractivity contribution is -0.137. The van der Waals surface area contributed by atoms with Crippen molar-refractivity contribution in [2.45, 2.75) is 6.18 Å². The molecular weight excluding hydrogens is 291 g/mol. The lowest BCUT2D eigenvalue weighted by atomic mass is 10.1. The Bertz CT molecular complexity index is 623. The van der Waals surface area contributed by atoms with Gasteiger partial charge in [0.15, 0.2) is 0 Å². The first kappa shape index (κ1) is 14.4.